The standard InChI is InChI=1S/C13H10ClN3O2S/c14-12-7-10(16)4-5-13(12)17-20(18,19)11-3-1-2-9(6-11)8-15/h1-7,17H,16H2. The molecule has 5 nitrogen and oxygen atoms in total. The van der Waals surface area contributed by atoms with E-state index in [1.165, 1.54) is 42.5 Å². The molecule has 0 bridgehead atoms. The van der Waals surface area contributed by atoms with Gasteiger partial charge in [0, 0.05) is 5.69 Å². The second-order valence-electron chi connectivity index (χ2n) is 3.98. The molecule has 0 aliphatic heterocycles. The van der Waals surface area contributed by atoms with Crippen molar-refractivity contribution in [3.63, 3.8) is 0 Å². The lowest BCUT2D eigenvalue weighted by Crippen LogP contribution is -2.13. The van der Waals surface area contributed by atoms with Crippen LogP contribution in [0.15, 0.2) is 47.4 Å². The zero-order valence-electron chi connectivity index (χ0n) is 10.2. The number of nitriles is 1. The molecule has 0 saturated carbocycles. The van der Waals surface area contributed by atoms with Crippen molar-refractivity contribution >= 4 is 33.0 Å². The van der Waals surface area contributed by atoms with Gasteiger partial charge in [-0.05, 0) is 36.4 Å². The Balaban J connectivity index is 2.38. The van der Waals surface area contributed by atoms with Crippen molar-refractivity contribution in [2.75, 3.05) is 10.5 Å². The molecule has 2 aromatic carbocycles. The van der Waals surface area contributed by atoms with Crippen molar-refractivity contribution in [2.45, 2.75) is 4.90 Å². The van der Waals surface area contributed by atoms with E-state index in [4.69, 9.17) is 22.6 Å². The van der Waals surface area contributed by atoms with Crippen LogP contribution in [0.3, 0.4) is 0 Å². The van der Waals surface area contributed by atoms with Crippen molar-refractivity contribution in [3.05, 3.63) is 53.1 Å². The van der Waals surface area contributed by atoms with Gasteiger partial charge in [0.25, 0.3) is 10.0 Å². The quantitative estimate of drug-likeness (QED) is 0.852. The number of nitrogen functional groups attached to an aromatic ring is 1. The number of nitrogens with zero attached hydrogens (tertiary/aromatic N) is 1. The summed E-state index contributed by atoms with van der Waals surface area (Å²) < 4.78 is 26.7. The molecule has 20 heavy (non-hydrogen) atoms. The summed E-state index contributed by atoms with van der Waals surface area (Å²) in [5, 5.41) is 8.99. The maximum absolute atomic E-state index is 12.2. The average Bonchev–Trinajstić information content (AvgIpc) is 2.42. The summed E-state index contributed by atoms with van der Waals surface area (Å²) >= 11 is 5.92. The maximum Gasteiger partial charge on any atom is 0.261 e. The smallest absolute Gasteiger partial charge is 0.261 e. The fourth-order valence-corrected chi connectivity index (χ4v) is 2.97. The first kappa shape index (κ1) is 14.2. The number of nitrogens with one attached hydrogen (secondary N) is 1. The Bertz CT molecular complexity index is 798. The van der Waals surface area contributed by atoms with E-state index in [1.807, 2.05) is 6.07 Å². The third-order valence-electron chi connectivity index (χ3n) is 2.51. The first-order valence-corrected chi connectivity index (χ1v) is 7.36. The number of hydrogen-bond donors (Lipinski definition) is 2. The Kier molecular flexibility index (Phi) is 3.84. The van der Waals surface area contributed by atoms with Crippen LogP contribution in [0.1, 0.15) is 5.56 Å². The number of anilines is 2. The highest BCUT2D eigenvalue weighted by atomic mass is 35.5. The van der Waals surface area contributed by atoms with Gasteiger partial charge < -0.3 is 5.73 Å². The first-order chi connectivity index (χ1) is 9.42. The van der Waals surface area contributed by atoms with E-state index in [-0.39, 0.29) is 21.2 Å². The summed E-state index contributed by atoms with van der Waals surface area (Å²) in [7, 11) is -3.81. The molecule has 2 aromatic rings. The SMILES string of the molecule is N#Cc1cccc(S(=O)(=O)Nc2ccc(N)cc2Cl)c1. The Morgan fingerprint density at radius 1 is 1.20 bits per heavy atom. The maximum atomic E-state index is 12.2. The predicted octanol–water partition coefficient (Wildman–Crippen LogP) is 2.59. The number of halogens is 1. The third-order valence-corrected chi connectivity index (χ3v) is 4.19. The van der Waals surface area contributed by atoms with Crippen LogP contribution < -0.4 is 10.5 Å². The predicted molar refractivity (Wildman–Crippen MR) is 77.8 cm³/mol. The highest BCUT2D eigenvalue weighted by Gasteiger charge is 2.16. The molecule has 102 valence electrons. The first-order valence-electron chi connectivity index (χ1n) is 5.50. The second-order valence-corrected chi connectivity index (χ2v) is 6.07. The van der Waals surface area contributed by atoms with E-state index in [1.54, 1.807) is 0 Å². The van der Waals surface area contributed by atoms with E-state index in [9.17, 15) is 8.42 Å². The molecular formula is C13H10ClN3O2S. The van der Waals surface area contributed by atoms with Gasteiger partial charge in [-0.15, -0.1) is 0 Å². The zero-order chi connectivity index (χ0) is 14.8. The van der Waals surface area contributed by atoms with Crippen molar-refractivity contribution in [3.8, 4) is 6.07 Å². The average molecular weight is 308 g/mol. The van der Waals surface area contributed by atoms with Gasteiger partial charge in [0.05, 0.1) is 27.2 Å². The van der Waals surface area contributed by atoms with Crippen LogP contribution in [0.4, 0.5) is 11.4 Å². The minimum absolute atomic E-state index is 0.00978. The minimum atomic E-state index is -3.81. The molecule has 0 heterocycles. The summed E-state index contributed by atoms with van der Waals surface area (Å²) in [6, 6.07) is 12.1. The molecule has 2 rings (SSSR count). The van der Waals surface area contributed by atoms with Crippen molar-refractivity contribution in [1.29, 1.82) is 5.26 Å². The van der Waals surface area contributed by atoms with Crippen LogP contribution in [-0.4, -0.2) is 8.42 Å². The van der Waals surface area contributed by atoms with Crippen LogP contribution in [0, 0.1) is 11.3 Å². The van der Waals surface area contributed by atoms with Gasteiger partial charge in [-0.3, -0.25) is 4.72 Å². The van der Waals surface area contributed by atoms with Crippen LogP contribution in [-0.2, 0) is 10.0 Å². The van der Waals surface area contributed by atoms with Crippen LogP contribution >= 0.6 is 11.6 Å². The second kappa shape index (κ2) is 5.41. The summed E-state index contributed by atoms with van der Waals surface area (Å²) in [5.74, 6) is 0. The van der Waals surface area contributed by atoms with Gasteiger partial charge >= 0.3 is 0 Å². The number of benzene rings is 2. The molecule has 0 saturated heterocycles. The summed E-state index contributed by atoms with van der Waals surface area (Å²) in [5.41, 5.74) is 6.46. The van der Waals surface area contributed by atoms with Gasteiger partial charge in [-0.25, -0.2) is 8.42 Å². The molecule has 0 atom stereocenters. The Morgan fingerprint density at radius 3 is 2.60 bits per heavy atom. The fourth-order valence-electron chi connectivity index (χ4n) is 1.55. The molecular weight excluding hydrogens is 298 g/mol. The molecule has 0 amide bonds. The molecule has 0 unspecified atom stereocenters. The van der Waals surface area contributed by atoms with Crippen LogP contribution in [0.5, 0.6) is 0 Å². The minimum Gasteiger partial charge on any atom is -0.399 e. The summed E-state index contributed by atoms with van der Waals surface area (Å²) in [6.45, 7) is 0. The van der Waals surface area contributed by atoms with Crippen molar-refractivity contribution in [2.24, 2.45) is 0 Å². The Hall–Kier alpha value is -2.23. The number of hydrogen-bond acceptors (Lipinski definition) is 4. The molecule has 0 aliphatic carbocycles. The summed E-state index contributed by atoms with van der Waals surface area (Å²) in [6.07, 6.45) is 0. The van der Waals surface area contributed by atoms with E-state index in [2.05, 4.69) is 4.72 Å². The lowest BCUT2D eigenvalue weighted by atomic mass is 10.2. The summed E-state index contributed by atoms with van der Waals surface area (Å²) in [4.78, 5) is -0.00978. The number of rotatable bonds is 3. The Labute approximate surface area is 121 Å². The van der Waals surface area contributed by atoms with Gasteiger partial charge in [-0.2, -0.15) is 5.26 Å². The highest BCUT2D eigenvalue weighted by Crippen LogP contribution is 2.26. The van der Waals surface area contributed by atoms with Crippen LogP contribution in [0.25, 0.3) is 0 Å². The Morgan fingerprint density at radius 2 is 1.95 bits per heavy atom. The van der Waals surface area contributed by atoms with E-state index < -0.39 is 10.0 Å². The molecule has 0 aliphatic rings. The molecule has 0 fully saturated rings. The lowest BCUT2D eigenvalue weighted by molar-refractivity contribution is 0.601. The van der Waals surface area contributed by atoms with E-state index in [0.717, 1.165) is 0 Å². The van der Waals surface area contributed by atoms with Gasteiger partial charge in [0.15, 0.2) is 0 Å². The van der Waals surface area contributed by atoms with Crippen LogP contribution in [0.2, 0.25) is 5.02 Å². The van der Waals surface area contributed by atoms with E-state index in [0.29, 0.717) is 5.69 Å². The van der Waals surface area contributed by atoms with Crippen molar-refractivity contribution in [1.82, 2.24) is 0 Å². The largest absolute Gasteiger partial charge is 0.399 e. The molecule has 3 N–H and O–H groups in total. The normalized spacial score (nSPS) is 10.8. The molecule has 7 heteroatoms. The van der Waals surface area contributed by atoms with Gasteiger partial charge in [-0.1, -0.05) is 17.7 Å². The highest BCUT2D eigenvalue weighted by molar-refractivity contribution is 7.92. The van der Waals surface area contributed by atoms with Crippen molar-refractivity contribution < 1.29 is 8.42 Å². The third kappa shape index (κ3) is 3.02. The zero-order valence-corrected chi connectivity index (χ0v) is 11.7. The topological polar surface area (TPSA) is 96.0 Å². The lowest BCUT2D eigenvalue weighted by Gasteiger charge is -2.10. The van der Waals surface area contributed by atoms with Gasteiger partial charge in [0.2, 0.25) is 0 Å². The van der Waals surface area contributed by atoms with Gasteiger partial charge in [0.1, 0.15) is 0 Å². The fraction of sp³-hybridized carbons (Fsp3) is 0. The molecule has 0 aromatic heterocycles. The monoisotopic (exact) mass is 307 g/mol. The number of nitrogens with two attached hydrogens (primary N) is 1. The van der Waals surface area contributed by atoms with E-state index >= 15 is 0 Å². The number of sulfonamides is 1. The molecule has 0 spiro atoms. The molecule has 0 radical (unpaired) electrons.